The third kappa shape index (κ3) is 8.89. The number of amides is 1. The molecule has 2 aromatic carbocycles. The summed E-state index contributed by atoms with van der Waals surface area (Å²) >= 11 is 0. The van der Waals surface area contributed by atoms with Gasteiger partial charge in [0.1, 0.15) is 0 Å². The Morgan fingerprint density at radius 2 is 1.53 bits per heavy atom. The molecule has 0 aliphatic carbocycles. The maximum absolute atomic E-state index is 13.8. The summed E-state index contributed by atoms with van der Waals surface area (Å²) in [6, 6.07) is 3.35. The van der Waals surface area contributed by atoms with E-state index in [0.29, 0.717) is 37.2 Å². The fourth-order valence-corrected chi connectivity index (χ4v) is 4.82. The van der Waals surface area contributed by atoms with E-state index >= 15 is 0 Å². The average molecular weight is 628 g/mol. The quantitative estimate of drug-likeness (QED) is 0.129. The predicted octanol–water partition coefficient (Wildman–Crippen LogP) is 4.66. The topological polar surface area (TPSA) is 103 Å². The van der Waals surface area contributed by atoms with Gasteiger partial charge >= 0.3 is 18.5 Å². The van der Waals surface area contributed by atoms with Crippen molar-refractivity contribution in [2.45, 2.75) is 51.0 Å². The van der Waals surface area contributed by atoms with Gasteiger partial charge in [0.25, 0.3) is 0 Å². The molecule has 1 saturated heterocycles. The average Bonchev–Trinajstić information content (AvgIpc) is 2.87. The molecule has 238 valence electrons. The summed E-state index contributed by atoms with van der Waals surface area (Å²) in [5.74, 6) is 4.75. The number of hydrogen-bond donors (Lipinski definition) is 3. The summed E-state index contributed by atoms with van der Waals surface area (Å²) in [5.41, 5.74) is 1.76. The van der Waals surface area contributed by atoms with Crippen LogP contribution in [-0.4, -0.2) is 53.5 Å². The zero-order chi connectivity index (χ0) is 32.3. The van der Waals surface area contributed by atoms with Gasteiger partial charge in [0.2, 0.25) is 11.9 Å². The SMILES string of the molecule is CCC(c1ccc(C(F)(F)F)cc1CN(Cc1cc(C(F)(F)F)cc(C(F)(F)F)c1)/C(N)=N/N(C)N)N1CCNC(=O)C1. The number of benzene rings is 2. The highest BCUT2D eigenvalue weighted by molar-refractivity contribution is 5.79. The summed E-state index contributed by atoms with van der Waals surface area (Å²) in [4.78, 5) is 14.8. The van der Waals surface area contributed by atoms with E-state index in [-0.39, 0.29) is 24.1 Å². The van der Waals surface area contributed by atoms with Crippen LogP contribution in [0.2, 0.25) is 0 Å². The molecule has 0 radical (unpaired) electrons. The molecule has 1 aliphatic rings. The minimum atomic E-state index is -5.12. The number of carbonyl (C=O) groups is 1. The fourth-order valence-electron chi connectivity index (χ4n) is 4.82. The minimum Gasteiger partial charge on any atom is -0.368 e. The Kier molecular flexibility index (Phi) is 10.1. The molecule has 1 atom stereocenters. The minimum absolute atomic E-state index is 0.0218. The second kappa shape index (κ2) is 12.9. The smallest absolute Gasteiger partial charge is 0.368 e. The third-order valence-electron chi connectivity index (χ3n) is 6.69. The van der Waals surface area contributed by atoms with E-state index in [9.17, 15) is 44.3 Å². The number of nitrogens with zero attached hydrogens (tertiary/aromatic N) is 4. The second-order valence-electron chi connectivity index (χ2n) is 9.96. The van der Waals surface area contributed by atoms with Crippen LogP contribution in [0.25, 0.3) is 0 Å². The highest BCUT2D eigenvalue weighted by Crippen LogP contribution is 2.38. The number of halogens is 9. The van der Waals surface area contributed by atoms with E-state index in [4.69, 9.17) is 11.6 Å². The van der Waals surface area contributed by atoms with Crippen molar-refractivity contribution in [2.75, 3.05) is 26.7 Å². The lowest BCUT2D eigenvalue weighted by Crippen LogP contribution is -2.49. The van der Waals surface area contributed by atoms with Crippen molar-refractivity contribution in [3.8, 4) is 0 Å². The Morgan fingerprint density at radius 1 is 0.953 bits per heavy atom. The van der Waals surface area contributed by atoms with Crippen LogP contribution >= 0.6 is 0 Å². The maximum Gasteiger partial charge on any atom is 0.416 e. The summed E-state index contributed by atoms with van der Waals surface area (Å²) < 4.78 is 122. The van der Waals surface area contributed by atoms with Gasteiger partial charge in [-0.25, -0.2) is 11.0 Å². The molecular weight excluding hydrogens is 597 g/mol. The molecule has 0 bridgehead atoms. The lowest BCUT2D eigenvalue weighted by molar-refractivity contribution is -0.143. The van der Waals surface area contributed by atoms with E-state index in [1.165, 1.54) is 13.1 Å². The zero-order valence-corrected chi connectivity index (χ0v) is 23.0. The van der Waals surface area contributed by atoms with Crippen LogP contribution in [0.5, 0.6) is 0 Å². The van der Waals surface area contributed by atoms with Crippen molar-refractivity contribution in [3.63, 3.8) is 0 Å². The third-order valence-corrected chi connectivity index (χ3v) is 6.69. The van der Waals surface area contributed by atoms with Crippen LogP contribution in [0, 0.1) is 0 Å². The molecule has 5 N–H and O–H groups in total. The molecule has 2 aromatic rings. The van der Waals surface area contributed by atoms with E-state index in [0.717, 1.165) is 22.2 Å². The van der Waals surface area contributed by atoms with Gasteiger partial charge < -0.3 is 16.0 Å². The molecule has 1 heterocycles. The van der Waals surface area contributed by atoms with Gasteiger partial charge in [-0.1, -0.05) is 13.0 Å². The first-order chi connectivity index (χ1) is 19.8. The van der Waals surface area contributed by atoms with Crippen LogP contribution in [0.3, 0.4) is 0 Å². The first-order valence-corrected chi connectivity index (χ1v) is 12.9. The van der Waals surface area contributed by atoms with Crippen molar-refractivity contribution < 1.29 is 44.3 Å². The molecule has 8 nitrogen and oxygen atoms in total. The van der Waals surface area contributed by atoms with Gasteiger partial charge in [-0.05, 0) is 53.4 Å². The normalized spacial score (nSPS) is 16.2. The van der Waals surface area contributed by atoms with Crippen molar-refractivity contribution in [1.82, 2.24) is 20.2 Å². The molecule has 0 spiro atoms. The van der Waals surface area contributed by atoms with Crippen molar-refractivity contribution >= 4 is 11.9 Å². The van der Waals surface area contributed by atoms with Crippen molar-refractivity contribution in [3.05, 3.63) is 69.8 Å². The number of hydrogen-bond acceptors (Lipinski definition) is 5. The number of hydrazone groups is 1. The zero-order valence-electron chi connectivity index (χ0n) is 23.0. The first kappa shape index (κ1) is 33.8. The number of rotatable bonds is 8. The Balaban J connectivity index is 2.15. The summed E-state index contributed by atoms with van der Waals surface area (Å²) in [7, 11) is 1.24. The molecule has 1 aliphatic heterocycles. The molecule has 3 rings (SSSR count). The highest BCUT2D eigenvalue weighted by atomic mass is 19.4. The largest absolute Gasteiger partial charge is 0.416 e. The summed E-state index contributed by atoms with van der Waals surface area (Å²) in [6.07, 6.45) is -14.7. The Labute approximate surface area is 241 Å². The van der Waals surface area contributed by atoms with Gasteiger partial charge in [-0.2, -0.15) is 39.5 Å². The van der Waals surface area contributed by atoms with E-state index in [1.54, 1.807) is 11.8 Å². The molecule has 17 heteroatoms. The van der Waals surface area contributed by atoms with Crippen LogP contribution in [0.15, 0.2) is 41.5 Å². The van der Waals surface area contributed by atoms with Gasteiger partial charge in [0.15, 0.2) is 0 Å². The number of nitrogens with one attached hydrogen (secondary N) is 1. The van der Waals surface area contributed by atoms with Crippen LogP contribution < -0.4 is 16.9 Å². The van der Waals surface area contributed by atoms with Gasteiger partial charge in [0.05, 0.1) is 23.2 Å². The molecule has 43 heavy (non-hydrogen) atoms. The Morgan fingerprint density at radius 3 is 2.02 bits per heavy atom. The number of guanidine groups is 1. The molecule has 1 fully saturated rings. The number of carbonyl (C=O) groups excluding carboxylic acids is 1. The molecule has 0 saturated carbocycles. The van der Waals surface area contributed by atoms with Crippen molar-refractivity contribution in [2.24, 2.45) is 16.7 Å². The first-order valence-electron chi connectivity index (χ1n) is 12.9. The highest BCUT2D eigenvalue weighted by Gasteiger charge is 2.37. The molecule has 1 unspecified atom stereocenters. The Bertz CT molecular complexity index is 1290. The standard InChI is InChI=1S/C26H30F9N7O/c1-3-21(41-7-6-38-22(43)14-41)20-5-4-17(24(27,28)29)10-16(20)13-42(23(36)39-40(2)37)12-15-8-18(25(30,31)32)11-19(9-15)26(33,34)35/h4-5,8-11,21H,3,6-7,12-14,37H2,1-2H3,(H2,36,39)(H,38,43). The van der Waals surface area contributed by atoms with Crippen LogP contribution in [0.1, 0.15) is 52.8 Å². The maximum atomic E-state index is 13.8. The monoisotopic (exact) mass is 627 g/mol. The number of nitrogens with two attached hydrogens (primary N) is 2. The number of hydrazine groups is 1. The lowest BCUT2D eigenvalue weighted by atomic mass is 9.94. The van der Waals surface area contributed by atoms with E-state index in [2.05, 4.69) is 10.4 Å². The summed E-state index contributed by atoms with van der Waals surface area (Å²) in [6.45, 7) is 1.22. The van der Waals surface area contributed by atoms with Gasteiger partial charge in [-0.15, -0.1) is 5.10 Å². The molecular formula is C26H30F9N7O. The van der Waals surface area contributed by atoms with Crippen molar-refractivity contribution in [1.29, 1.82) is 0 Å². The predicted molar refractivity (Wildman–Crippen MR) is 138 cm³/mol. The fraction of sp³-hybridized carbons (Fsp3) is 0.462. The van der Waals surface area contributed by atoms with E-state index in [1.807, 2.05) is 0 Å². The number of alkyl halides is 9. The second-order valence-corrected chi connectivity index (χ2v) is 9.96. The van der Waals surface area contributed by atoms with Gasteiger partial charge in [-0.3, -0.25) is 9.69 Å². The molecule has 0 aromatic heterocycles. The Hall–Kier alpha value is -3.73. The van der Waals surface area contributed by atoms with Gasteiger partial charge in [0, 0.05) is 39.3 Å². The summed E-state index contributed by atoms with van der Waals surface area (Å²) in [5, 5.41) is 7.17. The molecule has 1 amide bonds. The number of piperazine rings is 1. The van der Waals surface area contributed by atoms with E-state index < -0.39 is 65.9 Å². The van der Waals surface area contributed by atoms with Crippen LogP contribution in [0.4, 0.5) is 39.5 Å². The lowest BCUT2D eigenvalue weighted by Gasteiger charge is -2.36. The van der Waals surface area contributed by atoms with Crippen LogP contribution in [-0.2, 0) is 36.4 Å².